The molecule has 102 valence electrons. The Labute approximate surface area is 110 Å². The first kappa shape index (κ1) is 14.7. The lowest BCUT2D eigenvalue weighted by Crippen LogP contribution is -2.09. The lowest BCUT2D eigenvalue weighted by molar-refractivity contribution is 0.324. The minimum absolute atomic E-state index is 0.547. The summed E-state index contributed by atoms with van der Waals surface area (Å²) >= 11 is 0. The highest BCUT2D eigenvalue weighted by molar-refractivity contribution is 5.38. The van der Waals surface area contributed by atoms with Gasteiger partial charge in [0.15, 0.2) is 0 Å². The van der Waals surface area contributed by atoms with Crippen LogP contribution < -0.4 is 10.1 Å². The van der Waals surface area contributed by atoms with Crippen molar-refractivity contribution < 1.29 is 4.74 Å². The van der Waals surface area contributed by atoms with Crippen molar-refractivity contribution in [3.05, 3.63) is 11.9 Å². The minimum Gasteiger partial charge on any atom is -0.478 e. The fraction of sp³-hybridized carbons (Fsp3) is 0.714. The van der Waals surface area contributed by atoms with Crippen molar-refractivity contribution in [2.45, 2.75) is 47.0 Å². The van der Waals surface area contributed by atoms with Crippen molar-refractivity contribution in [1.29, 1.82) is 0 Å². The molecule has 0 fully saturated rings. The molecular formula is C14H25N3O. The van der Waals surface area contributed by atoms with Gasteiger partial charge in [-0.15, -0.1) is 0 Å². The molecule has 4 heteroatoms. The summed E-state index contributed by atoms with van der Waals surface area (Å²) in [5, 5.41) is 3.33. The Morgan fingerprint density at radius 3 is 2.67 bits per heavy atom. The first-order chi connectivity index (χ1) is 8.65. The van der Waals surface area contributed by atoms with Crippen molar-refractivity contribution in [3.63, 3.8) is 0 Å². The highest BCUT2D eigenvalue weighted by Crippen LogP contribution is 2.15. The summed E-state index contributed by atoms with van der Waals surface area (Å²) in [6.07, 6.45) is 3.20. The van der Waals surface area contributed by atoms with Gasteiger partial charge in [-0.2, -0.15) is 4.98 Å². The smallest absolute Gasteiger partial charge is 0.218 e. The first-order valence-corrected chi connectivity index (χ1v) is 6.90. The third kappa shape index (κ3) is 5.34. The van der Waals surface area contributed by atoms with Gasteiger partial charge in [0.2, 0.25) is 5.88 Å². The summed E-state index contributed by atoms with van der Waals surface area (Å²) in [6.45, 7) is 10.1. The Kier molecular flexibility index (Phi) is 6.47. The van der Waals surface area contributed by atoms with Gasteiger partial charge in [0, 0.05) is 19.0 Å². The van der Waals surface area contributed by atoms with Crippen molar-refractivity contribution in [3.8, 4) is 5.88 Å². The molecule has 0 saturated carbocycles. The molecule has 0 unspecified atom stereocenters. The molecule has 0 aliphatic heterocycles. The van der Waals surface area contributed by atoms with Gasteiger partial charge in [0.25, 0.3) is 0 Å². The molecule has 0 aliphatic rings. The number of aromatic nitrogens is 2. The van der Waals surface area contributed by atoms with Gasteiger partial charge in [-0.1, -0.05) is 27.2 Å². The van der Waals surface area contributed by atoms with Crippen LogP contribution in [0.4, 0.5) is 5.82 Å². The second-order valence-corrected chi connectivity index (χ2v) is 4.82. The number of nitrogens with one attached hydrogen (secondary N) is 1. The van der Waals surface area contributed by atoms with E-state index in [1.54, 1.807) is 0 Å². The second-order valence-electron chi connectivity index (χ2n) is 4.82. The van der Waals surface area contributed by atoms with E-state index in [-0.39, 0.29) is 0 Å². The average Bonchev–Trinajstić information content (AvgIpc) is 2.28. The molecule has 1 rings (SSSR count). The van der Waals surface area contributed by atoms with Gasteiger partial charge in [-0.05, 0) is 19.3 Å². The van der Waals surface area contributed by atoms with Crippen molar-refractivity contribution >= 4 is 5.82 Å². The van der Waals surface area contributed by atoms with Gasteiger partial charge in [-0.25, -0.2) is 4.98 Å². The molecule has 1 heterocycles. The van der Waals surface area contributed by atoms with E-state index in [1.165, 1.54) is 6.42 Å². The quantitative estimate of drug-likeness (QED) is 0.720. The van der Waals surface area contributed by atoms with E-state index < -0.39 is 0 Å². The highest BCUT2D eigenvalue weighted by Gasteiger charge is 2.07. The maximum Gasteiger partial charge on any atom is 0.218 e. The lowest BCUT2D eigenvalue weighted by atomic mass is 10.1. The summed E-state index contributed by atoms with van der Waals surface area (Å²) in [6, 6.07) is 1.88. The topological polar surface area (TPSA) is 47.0 Å². The fourth-order valence-corrected chi connectivity index (χ4v) is 1.63. The molecule has 0 radical (unpaired) electrons. The Morgan fingerprint density at radius 2 is 2.06 bits per heavy atom. The van der Waals surface area contributed by atoms with E-state index in [0.29, 0.717) is 18.4 Å². The van der Waals surface area contributed by atoms with E-state index in [0.717, 1.165) is 31.0 Å². The third-order valence-electron chi connectivity index (χ3n) is 2.47. The minimum atomic E-state index is 0.547. The molecule has 1 N–H and O–H groups in total. The van der Waals surface area contributed by atoms with Crippen LogP contribution in [0.3, 0.4) is 0 Å². The van der Waals surface area contributed by atoms with E-state index in [4.69, 9.17) is 4.74 Å². The molecule has 0 bridgehead atoms. The Bertz CT molecular complexity index is 353. The first-order valence-electron chi connectivity index (χ1n) is 6.90. The molecule has 18 heavy (non-hydrogen) atoms. The van der Waals surface area contributed by atoms with Crippen LogP contribution in [0.5, 0.6) is 5.88 Å². The van der Waals surface area contributed by atoms with Gasteiger partial charge < -0.3 is 10.1 Å². The average molecular weight is 251 g/mol. The number of ether oxygens (including phenoxy) is 1. The van der Waals surface area contributed by atoms with E-state index in [2.05, 4.69) is 36.1 Å². The maximum absolute atomic E-state index is 5.48. The zero-order chi connectivity index (χ0) is 13.4. The zero-order valence-corrected chi connectivity index (χ0v) is 12.0. The normalized spacial score (nSPS) is 10.7. The largest absolute Gasteiger partial charge is 0.478 e. The SMILES string of the molecule is CCCCNc1cc(OCC)nc(CC(C)C)n1. The number of hydrogen-bond donors (Lipinski definition) is 1. The van der Waals surface area contributed by atoms with Gasteiger partial charge in [0.05, 0.1) is 6.61 Å². The summed E-state index contributed by atoms with van der Waals surface area (Å²) in [4.78, 5) is 8.94. The molecule has 0 aromatic carbocycles. The number of unbranched alkanes of at least 4 members (excludes halogenated alkanes) is 1. The monoisotopic (exact) mass is 251 g/mol. The molecule has 0 spiro atoms. The Morgan fingerprint density at radius 1 is 1.28 bits per heavy atom. The molecule has 1 aromatic rings. The molecule has 0 amide bonds. The Balaban J connectivity index is 2.77. The molecule has 0 aliphatic carbocycles. The van der Waals surface area contributed by atoms with Crippen LogP contribution in [0.2, 0.25) is 0 Å². The predicted octanol–water partition coefficient (Wildman–Crippen LogP) is 3.29. The lowest BCUT2D eigenvalue weighted by Gasteiger charge is -2.11. The summed E-state index contributed by atoms with van der Waals surface area (Å²) < 4.78 is 5.48. The number of hydrogen-bond acceptors (Lipinski definition) is 4. The second kappa shape index (κ2) is 7.90. The molecule has 1 aromatic heterocycles. The van der Waals surface area contributed by atoms with Crippen molar-refractivity contribution in [2.24, 2.45) is 5.92 Å². The molecule has 0 saturated heterocycles. The van der Waals surface area contributed by atoms with Crippen LogP contribution >= 0.6 is 0 Å². The summed E-state index contributed by atoms with van der Waals surface area (Å²) in [7, 11) is 0. The van der Waals surface area contributed by atoms with Crippen LogP contribution in [0.25, 0.3) is 0 Å². The number of nitrogens with zero attached hydrogens (tertiary/aromatic N) is 2. The van der Waals surface area contributed by atoms with Crippen molar-refractivity contribution in [1.82, 2.24) is 9.97 Å². The van der Waals surface area contributed by atoms with Gasteiger partial charge in [0.1, 0.15) is 11.6 Å². The van der Waals surface area contributed by atoms with Gasteiger partial charge in [-0.3, -0.25) is 0 Å². The van der Waals surface area contributed by atoms with Crippen LogP contribution in [0.15, 0.2) is 6.07 Å². The standard InChI is InChI=1S/C14H25N3O/c1-5-7-8-15-12-10-14(18-6-2)17-13(16-12)9-11(3)4/h10-11H,5-9H2,1-4H3,(H,15,16,17). The van der Waals surface area contributed by atoms with E-state index >= 15 is 0 Å². The number of rotatable bonds is 8. The fourth-order valence-electron chi connectivity index (χ4n) is 1.63. The van der Waals surface area contributed by atoms with E-state index in [1.807, 2.05) is 13.0 Å². The highest BCUT2D eigenvalue weighted by atomic mass is 16.5. The predicted molar refractivity (Wildman–Crippen MR) is 75.1 cm³/mol. The molecule has 0 atom stereocenters. The van der Waals surface area contributed by atoms with Crippen LogP contribution in [-0.4, -0.2) is 23.1 Å². The van der Waals surface area contributed by atoms with Crippen LogP contribution in [0, 0.1) is 5.92 Å². The Hall–Kier alpha value is -1.32. The van der Waals surface area contributed by atoms with Crippen molar-refractivity contribution in [2.75, 3.05) is 18.5 Å². The van der Waals surface area contributed by atoms with E-state index in [9.17, 15) is 0 Å². The van der Waals surface area contributed by atoms with Crippen LogP contribution in [0.1, 0.15) is 46.4 Å². The molecule has 4 nitrogen and oxygen atoms in total. The number of anilines is 1. The summed E-state index contributed by atoms with van der Waals surface area (Å²) in [5.74, 6) is 2.94. The maximum atomic E-state index is 5.48. The summed E-state index contributed by atoms with van der Waals surface area (Å²) in [5.41, 5.74) is 0. The molecular weight excluding hydrogens is 226 g/mol. The van der Waals surface area contributed by atoms with Gasteiger partial charge >= 0.3 is 0 Å². The third-order valence-corrected chi connectivity index (χ3v) is 2.47. The zero-order valence-electron chi connectivity index (χ0n) is 12.0. The van der Waals surface area contributed by atoms with Crippen LogP contribution in [-0.2, 0) is 6.42 Å².